The monoisotopic (exact) mass is 458 g/mol. The molecule has 0 unspecified atom stereocenters. The Balaban J connectivity index is 5.43. The molecule has 0 aliphatic rings. The molecule has 0 spiro atoms. The maximum atomic E-state index is 12.6. The second-order valence-corrected chi connectivity index (χ2v) is 12.1. The van der Waals surface area contributed by atoms with Crippen LogP contribution in [0, 0.1) is 34.0 Å². The summed E-state index contributed by atoms with van der Waals surface area (Å²) in [5.74, 6) is -2.29. The highest BCUT2D eigenvalue weighted by molar-refractivity contribution is 5.76. The molecule has 0 amide bonds. The second kappa shape index (κ2) is 11.5. The summed E-state index contributed by atoms with van der Waals surface area (Å²) in [7, 11) is 0. The van der Waals surface area contributed by atoms with Crippen molar-refractivity contribution in [3.05, 3.63) is 0 Å². The van der Waals surface area contributed by atoms with Gasteiger partial charge in [0.2, 0.25) is 0 Å². The van der Waals surface area contributed by atoms with Crippen molar-refractivity contribution in [3.63, 3.8) is 0 Å². The standard InChI is InChI=1S/C25H46O7/c1-15(13-30-20(27)23(4,5)6)18(26)17(3)19(32-22(29)25(10,11)12)16(2)14-31-21(28)24(7,8)9/h15-19,26H,13-14H2,1-12H3/t15-,16+,17+,18-,19+/m0/s1. The highest BCUT2D eigenvalue weighted by Gasteiger charge is 2.38. The molecule has 0 aliphatic heterocycles. The van der Waals surface area contributed by atoms with E-state index in [0.29, 0.717) is 0 Å². The molecule has 5 atom stereocenters. The topological polar surface area (TPSA) is 99.1 Å². The number of rotatable bonds is 9. The number of aliphatic hydroxyl groups is 1. The molecule has 0 fully saturated rings. The predicted octanol–water partition coefficient (Wildman–Crippen LogP) is 4.39. The highest BCUT2D eigenvalue weighted by atomic mass is 16.6. The third kappa shape index (κ3) is 9.88. The minimum absolute atomic E-state index is 0.0505. The summed E-state index contributed by atoms with van der Waals surface area (Å²) in [4.78, 5) is 36.9. The molecule has 7 nitrogen and oxygen atoms in total. The summed E-state index contributed by atoms with van der Waals surface area (Å²) in [6.45, 7) is 21.4. The van der Waals surface area contributed by atoms with Gasteiger partial charge in [0.05, 0.1) is 35.6 Å². The Bertz CT molecular complexity index is 634. The second-order valence-electron chi connectivity index (χ2n) is 12.1. The fourth-order valence-corrected chi connectivity index (χ4v) is 2.80. The van der Waals surface area contributed by atoms with Gasteiger partial charge in [0.25, 0.3) is 0 Å². The Morgan fingerprint density at radius 1 is 0.656 bits per heavy atom. The zero-order valence-corrected chi connectivity index (χ0v) is 22.2. The van der Waals surface area contributed by atoms with Gasteiger partial charge in [0.15, 0.2) is 0 Å². The van der Waals surface area contributed by atoms with Crippen molar-refractivity contribution in [2.24, 2.45) is 34.0 Å². The van der Waals surface area contributed by atoms with E-state index in [1.165, 1.54) is 0 Å². The molecular weight excluding hydrogens is 412 g/mol. The first kappa shape index (κ1) is 30.4. The summed E-state index contributed by atoms with van der Waals surface area (Å²) >= 11 is 0. The van der Waals surface area contributed by atoms with Crippen molar-refractivity contribution in [1.29, 1.82) is 0 Å². The van der Waals surface area contributed by atoms with Gasteiger partial charge in [-0.3, -0.25) is 14.4 Å². The van der Waals surface area contributed by atoms with Crippen LogP contribution in [0.4, 0.5) is 0 Å². The van der Waals surface area contributed by atoms with Gasteiger partial charge in [-0.25, -0.2) is 0 Å². The first-order chi connectivity index (χ1) is 14.2. The molecule has 0 rings (SSSR count). The fraction of sp³-hybridized carbons (Fsp3) is 0.880. The summed E-state index contributed by atoms with van der Waals surface area (Å²) < 4.78 is 16.6. The maximum Gasteiger partial charge on any atom is 0.311 e. The lowest BCUT2D eigenvalue weighted by Crippen LogP contribution is -2.44. The van der Waals surface area contributed by atoms with Crippen molar-refractivity contribution in [1.82, 2.24) is 0 Å². The number of carbonyl (C=O) groups excluding carboxylic acids is 3. The van der Waals surface area contributed by atoms with Crippen LogP contribution in [0.2, 0.25) is 0 Å². The third-order valence-corrected chi connectivity index (χ3v) is 5.24. The van der Waals surface area contributed by atoms with E-state index in [2.05, 4.69) is 0 Å². The molecule has 0 bridgehead atoms. The minimum atomic E-state index is -0.902. The number of aliphatic hydroxyl groups excluding tert-OH is 1. The van der Waals surface area contributed by atoms with Crippen molar-refractivity contribution in [2.45, 2.75) is 95.3 Å². The Morgan fingerprint density at radius 2 is 1.00 bits per heavy atom. The van der Waals surface area contributed by atoms with E-state index in [1.54, 1.807) is 76.2 Å². The van der Waals surface area contributed by atoms with Gasteiger partial charge in [-0.1, -0.05) is 20.8 Å². The Morgan fingerprint density at radius 3 is 1.34 bits per heavy atom. The van der Waals surface area contributed by atoms with Gasteiger partial charge in [-0.15, -0.1) is 0 Å². The van der Waals surface area contributed by atoms with Gasteiger partial charge in [-0.2, -0.15) is 0 Å². The van der Waals surface area contributed by atoms with Crippen LogP contribution in [0.5, 0.6) is 0 Å². The van der Waals surface area contributed by atoms with E-state index >= 15 is 0 Å². The van der Waals surface area contributed by atoms with Crippen molar-refractivity contribution >= 4 is 17.9 Å². The van der Waals surface area contributed by atoms with Crippen LogP contribution < -0.4 is 0 Å². The number of ether oxygens (including phenoxy) is 3. The molecule has 1 N–H and O–H groups in total. The van der Waals surface area contributed by atoms with E-state index in [0.717, 1.165) is 0 Å². The Hall–Kier alpha value is -1.63. The van der Waals surface area contributed by atoms with Crippen LogP contribution in [0.25, 0.3) is 0 Å². The number of carbonyl (C=O) groups is 3. The first-order valence-corrected chi connectivity index (χ1v) is 11.4. The average Bonchev–Trinajstić information content (AvgIpc) is 2.63. The van der Waals surface area contributed by atoms with E-state index in [1.807, 2.05) is 6.92 Å². The number of hydrogen-bond acceptors (Lipinski definition) is 7. The van der Waals surface area contributed by atoms with Crippen LogP contribution >= 0.6 is 0 Å². The van der Waals surface area contributed by atoms with E-state index < -0.39 is 40.3 Å². The molecule has 0 saturated carbocycles. The smallest absolute Gasteiger partial charge is 0.311 e. The molecular formula is C25H46O7. The lowest BCUT2D eigenvalue weighted by molar-refractivity contribution is -0.172. The van der Waals surface area contributed by atoms with E-state index in [4.69, 9.17) is 14.2 Å². The summed E-state index contributed by atoms with van der Waals surface area (Å²) in [6, 6.07) is 0. The molecule has 0 saturated heterocycles. The third-order valence-electron chi connectivity index (χ3n) is 5.24. The zero-order chi connectivity index (χ0) is 25.7. The van der Waals surface area contributed by atoms with Crippen LogP contribution in [0.15, 0.2) is 0 Å². The minimum Gasteiger partial charge on any atom is -0.465 e. The summed E-state index contributed by atoms with van der Waals surface area (Å²) in [6.07, 6.45) is -1.59. The number of hydrogen-bond donors (Lipinski definition) is 1. The van der Waals surface area contributed by atoms with Crippen LogP contribution in [-0.4, -0.2) is 48.4 Å². The van der Waals surface area contributed by atoms with Gasteiger partial charge in [-0.05, 0) is 62.3 Å². The molecule has 0 aromatic rings. The lowest BCUT2D eigenvalue weighted by Gasteiger charge is -2.36. The molecule has 0 aromatic heterocycles. The lowest BCUT2D eigenvalue weighted by atomic mass is 9.84. The van der Waals surface area contributed by atoms with Crippen LogP contribution in [-0.2, 0) is 28.6 Å². The normalized spacial score (nSPS) is 17.5. The molecule has 188 valence electrons. The van der Waals surface area contributed by atoms with Gasteiger partial charge < -0.3 is 19.3 Å². The van der Waals surface area contributed by atoms with E-state index in [9.17, 15) is 19.5 Å². The van der Waals surface area contributed by atoms with Gasteiger partial charge >= 0.3 is 17.9 Å². The quantitative estimate of drug-likeness (QED) is 0.404. The molecule has 0 aromatic carbocycles. The molecule has 7 heteroatoms. The first-order valence-electron chi connectivity index (χ1n) is 11.4. The maximum absolute atomic E-state index is 12.6. The Labute approximate surface area is 194 Å². The predicted molar refractivity (Wildman–Crippen MR) is 124 cm³/mol. The molecule has 0 heterocycles. The SMILES string of the molecule is C[C@H]([C@@H](O)[C@@H](C)COC(=O)C(C)(C)C)[C@H](OC(=O)C(C)(C)C)[C@H](C)COC(=O)C(C)(C)C. The molecule has 32 heavy (non-hydrogen) atoms. The average molecular weight is 459 g/mol. The van der Waals surface area contributed by atoms with E-state index in [-0.39, 0.29) is 37.0 Å². The van der Waals surface area contributed by atoms with Crippen LogP contribution in [0.1, 0.15) is 83.1 Å². The van der Waals surface area contributed by atoms with Crippen molar-refractivity contribution in [2.75, 3.05) is 13.2 Å². The van der Waals surface area contributed by atoms with Crippen LogP contribution in [0.3, 0.4) is 0 Å². The molecule has 0 radical (unpaired) electrons. The van der Waals surface area contributed by atoms with Gasteiger partial charge in [0.1, 0.15) is 6.10 Å². The summed E-state index contributed by atoms with van der Waals surface area (Å²) in [5, 5.41) is 11.0. The van der Waals surface area contributed by atoms with Crippen molar-refractivity contribution in [3.8, 4) is 0 Å². The molecule has 0 aliphatic carbocycles. The van der Waals surface area contributed by atoms with Crippen molar-refractivity contribution < 1.29 is 33.7 Å². The largest absolute Gasteiger partial charge is 0.465 e. The fourth-order valence-electron chi connectivity index (χ4n) is 2.80. The summed E-state index contributed by atoms with van der Waals surface area (Å²) in [5.41, 5.74) is -2.00. The van der Waals surface area contributed by atoms with Gasteiger partial charge in [0, 0.05) is 17.8 Å². The zero-order valence-electron chi connectivity index (χ0n) is 22.2. The highest BCUT2D eigenvalue weighted by Crippen LogP contribution is 2.29. The number of esters is 3. The Kier molecular flexibility index (Phi) is 10.9.